The van der Waals surface area contributed by atoms with Gasteiger partial charge in [-0.3, -0.25) is 10.1 Å². The molecule has 1 aromatic rings. The smallest absolute Gasteiger partial charge is 0.269 e. The Morgan fingerprint density at radius 3 is 2.71 bits per heavy atom. The van der Waals surface area contributed by atoms with Gasteiger partial charge in [0.15, 0.2) is 0 Å². The number of nitrogens with one attached hydrogen (secondary N) is 1. The molecule has 0 amide bonds. The van der Waals surface area contributed by atoms with Gasteiger partial charge in [0.1, 0.15) is 0 Å². The first-order valence-corrected chi connectivity index (χ1v) is 8.12. The molecule has 1 unspecified atom stereocenters. The Balaban J connectivity index is 2.10. The molecule has 1 aliphatic carbocycles. The van der Waals surface area contributed by atoms with Gasteiger partial charge in [-0.25, -0.2) is 0 Å². The topological polar surface area (TPSA) is 55.2 Å². The third-order valence-electron chi connectivity index (χ3n) is 4.63. The number of nitrogens with zero attached hydrogens (tertiary/aromatic N) is 1. The Morgan fingerprint density at radius 2 is 2.10 bits per heavy atom. The average Bonchev–Trinajstić information content (AvgIpc) is 3.01. The first kappa shape index (κ1) is 16.0. The number of rotatable bonds is 7. The van der Waals surface area contributed by atoms with E-state index < -0.39 is 0 Å². The number of nitro benzene ring substituents is 1. The predicted octanol–water partition coefficient (Wildman–Crippen LogP) is 4.60. The molecular formula is C17H26N2O2. The molecule has 2 atom stereocenters. The highest BCUT2D eigenvalue weighted by molar-refractivity contribution is 5.35. The molecule has 2 rings (SSSR count). The highest BCUT2D eigenvalue weighted by Crippen LogP contribution is 2.30. The van der Waals surface area contributed by atoms with Gasteiger partial charge in [0, 0.05) is 24.2 Å². The van der Waals surface area contributed by atoms with E-state index in [4.69, 9.17) is 0 Å². The molecule has 21 heavy (non-hydrogen) atoms. The first-order chi connectivity index (χ1) is 10.1. The second kappa shape index (κ2) is 7.55. The summed E-state index contributed by atoms with van der Waals surface area (Å²) in [6.45, 7) is 4.42. The van der Waals surface area contributed by atoms with E-state index in [0.29, 0.717) is 6.04 Å². The van der Waals surface area contributed by atoms with Crippen LogP contribution in [-0.2, 0) is 0 Å². The summed E-state index contributed by atoms with van der Waals surface area (Å²) in [5, 5.41) is 14.7. The molecule has 0 heterocycles. The van der Waals surface area contributed by atoms with Gasteiger partial charge in [-0.2, -0.15) is 0 Å². The fourth-order valence-electron chi connectivity index (χ4n) is 3.40. The summed E-state index contributed by atoms with van der Waals surface area (Å²) in [6, 6.07) is 7.76. The van der Waals surface area contributed by atoms with Crippen LogP contribution in [0.1, 0.15) is 64.0 Å². The molecule has 1 saturated carbocycles. The van der Waals surface area contributed by atoms with E-state index in [-0.39, 0.29) is 16.7 Å². The van der Waals surface area contributed by atoms with Gasteiger partial charge in [-0.15, -0.1) is 0 Å². The fourth-order valence-corrected chi connectivity index (χ4v) is 3.40. The molecule has 116 valence electrons. The van der Waals surface area contributed by atoms with Crippen molar-refractivity contribution >= 4 is 5.69 Å². The second-order valence-electron chi connectivity index (χ2n) is 6.19. The minimum atomic E-state index is -0.313. The summed E-state index contributed by atoms with van der Waals surface area (Å²) < 4.78 is 0. The third kappa shape index (κ3) is 4.27. The van der Waals surface area contributed by atoms with Gasteiger partial charge >= 0.3 is 0 Å². The number of hydrogen-bond acceptors (Lipinski definition) is 3. The molecule has 1 aromatic carbocycles. The lowest BCUT2D eigenvalue weighted by Crippen LogP contribution is -2.35. The maximum atomic E-state index is 11.0. The summed E-state index contributed by atoms with van der Waals surface area (Å²) >= 11 is 0. The van der Waals surface area contributed by atoms with E-state index in [1.807, 2.05) is 6.07 Å². The molecule has 0 saturated heterocycles. The van der Waals surface area contributed by atoms with Crippen molar-refractivity contribution in [3.05, 3.63) is 39.9 Å². The Hall–Kier alpha value is -1.42. The van der Waals surface area contributed by atoms with Crippen LogP contribution in [0.5, 0.6) is 0 Å². The van der Waals surface area contributed by atoms with Crippen LogP contribution in [0.3, 0.4) is 0 Å². The normalized spacial score (nSPS) is 18.6. The van der Waals surface area contributed by atoms with Crippen molar-refractivity contribution in [2.45, 2.75) is 64.5 Å². The average molecular weight is 290 g/mol. The van der Waals surface area contributed by atoms with Gasteiger partial charge in [-0.05, 0) is 37.7 Å². The molecule has 1 N–H and O–H groups in total. The van der Waals surface area contributed by atoms with Gasteiger partial charge in [0.05, 0.1) is 4.92 Å². The van der Waals surface area contributed by atoms with Crippen molar-refractivity contribution in [2.75, 3.05) is 0 Å². The molecule has 0 bridgehead atoms. The second-order valence-corrected chi connectivity index (χ2v) is 6.19. The van der Waals surface area contributed by atoms with Crippen LogP contribution < -0.4 is 5.32 Å². The molecule has 4 heteroatoms. The van der Waals surface area contributed by atoms with Crippen LogP contribution in [0, 0.1) is 16.0 Å². The standard InChI is InChI=1S/C17H26N2O2/c1-3-7-17(18-13(2)14-8-4-5-9-14)15-10-6-11-16(12-15)19(20)21/h6,10-14,17-18H,3-5,7-9H2,1-2H3/t13-,17?/m0/s1. The zero-order valence-corrected chi connectivity index (χ0v) is 13.0. The molecule has 1 aliphatic rings. The molecule has 0 aromatic heterocycles. The highest BCUT2D eigenvalue weighted by atomic mass is 16.6. The van der Waals surface area contributed by atoms with Crippen molar-refractivity contribution in [1.29, 1.82) is 0 Å². The Bertz CT molecular complexity index is 470. The number of nitro groups is 1. The van der Waals surface area contributed by atoms with E-state index in [2.05, 4.69) is 19.2 Å². The zero-order chi connectivity index (χ0) is 15.2. The van der Waals surface area contributed by atoms with Crippen molar-refractivity contribution in [3.8, 4) is 0 Å². The molecule has 0 spiro atoms. The highest BCUT2D eigenvalue weighted by Gasteiger charge is 2.24. The minimum absolute atomic E-state index is 0.184. The summed E-state index contributed by atoms with van der Waals surface area (Å²) in [4.78, 5) is 10.6. The minimum Gasteiger partial charge on any atom is -0.307 e. The molecule has 1 fully saturated rings. The fraction of sp³-hybridized carbons (Fsp3) is 0.647. The van der Waals surface area contributed by atoms with Crippen LogP contribution in [0.2, 0.25) is 0 Å². The predicted molar refractivity (Wildman–Crippen MR) is 85.3 cm³/mol. The zero-order valence-electron chi connectivity index (χ0n) is 13.0. The van der Waals surface area contributed by atoms with Crippen LogP contribution >= 0.6 is 0 Å². The lowest BCUT2D eigenvalue weighted by atomic mass is 9.95. The Morgan fingerprint density at radius 1 is 1.38 bits per heavy atom. The van der Waals surface area contributed by atoms with Crippen molar-refractivity contribution in [2.24, 2.45) is 5.92 Å². The number of non-ortho nitro benzene ring substituents is 1. The Kier molecular flexibility index (Phi) is 5.74. The van der Waals surface area contributed by atoms with Gasteiger partial charge in [0.2, 0.25) is 0 Å². The third-order valence-corrected chi connectivity index (χ3v) is 4.63. The van der Waals surface area contributed by atoms with E-state index in [0.717, 1.165) is 24.3 Å². The summed E-state index contributed by atoms with van der Waals surface area (Å²) in [7, 11) is 0. The number of benzene rings is 1. The summed E-state index contributed by atoms with van der Waals surface area (Å²) in [5.41, 5.74) is 1.22. The quantitative estimate of drug-likeness (QED) is 0.589. The van der Waals surface area contributed by atoms with Crippen LogP contribution in [0.4, 0.5) is 5.69 Å². The molecular weight excluding hydrogens is 264 g/mol. The lowest BCUT2D eigenvalue weighted by molar-refractivity contribution is -0.384. The number of hydrogen-bond donors (Lipinski definition) is 1. The maximum absolute atomic E-state index is 11.0. The van der Waals surface area contributed by atoms with Crippen molar-refractivity contribution < 1.29 is 4.92 Å². The molecule has 0 aliphatic heterocycles. The van der Waals surface area contributed by atoms with Gasteiger partial charge in [0.25, 0.3) is 5.69 Å². The largest absolute Gasteiger partial charge is 0.307 e. The van der Waals surface area contributed by atoms with Crippen molar-refractivity contribution in [3.63, 3.8) is 0 Å². The van der Waals surface area contributed by atoms with Crippen LogP contribution in [0.15, 0.2) is 24.3 Å². The maximum Gasteiger partial charge on any atom is 0.269 e. The monoisotopic (exact) mass is 290 g/mol. The lowest BCUT2D eigenvalue weighted by Gasteiger charge is -2.27. The van der Waals surface area contributed by atoms with E-state index in [1.165, 1.54) is 25.7 Å². The molecule has 4 nitrogen and oxygen atoms in total. The van der Waals surface area contributed by atoms with Crippen molar-refractivity contribution in [1.82, 2.24) is 5.32 Å². The van der Waals surface area contributed by atoms with E-state index in [9.17, 15) is 10.1 Å². The van der Waals surface area contributed by atoms with Gasteiger partial charge in [-0.1, -0.05) is 38.3 Å². The van der Waals surface area contributed by atoms with Gasteiger partial charge < -0.3 is 5.32 Å². The van der Waals surface area contributed by atoms with E-state index in [1.54, 1.807) is 18.2 Å². The summed E-state index contributed by atoms with van der Waals surface area (Å²) in [6.07, 6.45) is 7.37. The SMILES string of the molecule is CCCC(N[C@@H](C)C1CCCC1)c1cccc([N+](=O)[O-])c1. The van der Waals surface area contributed by atoms with Crippen LogP contribution in [-0.4, -0.2) is 11.0 Å². The first-order valence-electron chi connectivity index (χ1n) is 8.12. The molecule has 0 radical (unpaired) electrons. The van der Waals surface area contributed by atoms with E-state index >= 15 is 0 Å². The summed E-state index contributed by atoms with van der Waals surface area (Å²) in [5.74, 6) is 0.753. The van der Waals surface area contributed by atoms with Crippen LogP contribution in [0.25, 0.3) is 0 Å². The Labute approximate surface area is 127 Å².